The number of aromatic nitrogens is 1. The van der Waals surface area contributed by atoms with Crippen LogP contribution in [0.1, 0.15) is 15.9 Å². The van der Waals surface area contributed by atoms with Crippen LogP contribution in [0.4, 0.5) is 0 Å². The normalized spacial score (nSPS) is 9.89. The van der Waals surface area contributed by atoms with Gasteiger partial charge in [0.1, 0.15) is 5.75 Å². The van der Waals surface area contributed by atoms with Crippen molar-refractivity contribution in [1.82, 2.24) is 15.4 Å². The highest BCUT2D eigenvalue weighted by Gasteiger charge is 2.08. The number of hydrogen-bond donors (Lipinski definition) is 2. The summed E-state index contributed by atoms with van der Waals surface area (Å²) in [5.41, 5.74) is 6.48. The van der Waals surface area contributed by atoms with E-state index in [0.717, 1.165) is 5.69 Å². The number of ether oxygens (including phenoxy) is 1. The lowest BCUT2D eigenvalue weighted by atomic mass is 10.2. The molecule has 7 heteroatoms. The molecule has 7 nitrogen and oxygen atoms in total. The minimum atomic E-state index is -0.503. The van der Waals surface area contributed by atoms with E-state index in [-0.39, 0.29) is 6.61 Å². The van der Waals surface area contributed by atoms with E-state index in [4.69, 9.17) is 10.00 Å². The fraction of sp³-hybridized carbons (Fsp3) is 0.0500. The van der Waals surface area contributed by atoms with Crippen molar-refractivity contribution in [3.63, 3.8) is 0 Å². The van der Waals surface area contributed by atoms with E-state index in [2.05, 4.69) is 10.9 Å². The first-order valence-corrected chi connectivity index (χ1v) is 8.11. The number of amides is 2. The zero-order valence-corrected chi connectivity index (χ0v) is 14.3. The largest absolute Gasteiger partial charge is 0.484 e. The van der Waals surface area contributed by atoms with Gasteiger partial charge in [0, 0.05) is 23.6 Å². The van der Waals surface area contributed by atoms with Crippen LogP contribution in [-0.4, -0.2) is 23.0 Å². The molecule has 0 atom stereocenters. The van der Waals surface area contributed by atoms with Crippen LogP contribution in [0.3, 0.4) is 0 Å². The smallest absolute Gasteiger partial charge is 0.276 e. The number of hydrazine groups is 1. The number of nitrogens with zero attached hydrogens (tertiary/aromatic N) is 2. The fourth-order valence-corrected chi connectivity index (χ4v) is 2.30. The maximum absolute atomic E-state index is 12.1. The van der Waals surface area contributed by atoms with Crippen molar-refractivity contribution < 1.29 is 14.3 Å². The van der Waals surface area contributed by atoms with E-state index in [1.165, 1.54) is 0 Å². The standard InChI is InChI=1S/C20H16N4O3/c21-13-15-3-9-18(10-4-15)27-14-19(25)22-23-20(26)16-5-7-17(8-6-16)24-11-1-2-12-24/h1-12H,14H2,(H,22,25)(H,23,26). The first-order chi connectivity index (χ1) is 13.2. The first kappa shape index (κ1) is 17.8. The van der Waals surface area contributed by atoms with Crippen LogP contribution < -0.4 is 15.6 Å². The lowest BCUT2D eigenvalue weighted by Gasteiger charge is -2.09. The van der Waals surface area contributed by atoms with Gasteiger partial charge in [0.2, 0.25) is 0 Å². The lowest BCUT2D eigenvalue weighted by Crippen LogP contribution is -2.43. The molecule has 0 unspecified atom stereocenters. The second kappa shape index (κ2) is 8.36. The average Bonchev–Trinajstić information content (AvgIpc) is 3.26. The molecule has 0 bridgehead atoms. The van der Waals surface area contributed by atoms with E-state index >= 15 is 0 Å². The second-order valence-electron chi connectivity index (χ2n) is 5.56. The number of nitrogens with one attached hydrogen (secondary N) is 2. The second-order valence-corrected chi connectivity index (χ2v) is 5.56. The Balaban J connectivity index is 1.46. The van der Waals surface area contributed by atoms with Gasteiger partial charge in [0.15, 0.2) is 6.61 Å². The van der Waals surface area contributed by atoms with E-state index in [9.17, 15) is 9.59 Å². The van der Waals surface area contributed by atoms with Gasteiger partial charge in [-0.1, -0.05) is 0 Å². The Labute approximate surface area is 155 Å². The van der Waals surface area contributed by atoms with Gasteiger partial charge in [0.25, 0.3) is 11.8 Å². The topological polar surface area (TPSA) is 96.2 Å². The number of rotatable bonds is 5. The Bertz CT molecular complexity index is 956. The van der Waals surface area contributed by atoms with E-state index in [1.54, 1.807) is 36.4 Å². The molecule has 0 aliphatic heterocycles. The molecule has 2 aromatic carbocycles. The fourth-order valence-electron chi connectivity index (χ4n) is 2.30. The van der Waals surface area contributed by atoms with Crippen LogP contribution >= 0.6 is 0 Å². The van der Waals surface area contributed by atoms with Gasteiger partial charge in [-0.3, -0.25) is 20.4 Å². The molecule has 2 N–H and O–H groups in total. The lowest BCUT2D eigenvalue weighted by molar-refractivity contribution is -0.123. The van der Waals surface area contributed by atoms with Crippen molar-refractivity contribution in [3.8, 4) is 17.5 Å². The molecule has 0 saturated carbocycles. The van der Waals surface area contributed by atoms with Crippen LogP contribution in [0.15, 0.2) is 73.1 Å². The summed E-state index contributed by atoms with van der Waals surface area (Å²) in [6.45, 7) is -0.265. The molecule has 3 aromatic rings. The summed E-state index contributed by atoms with van der Waals surface area (Å²) in [6.07, 6.45) is 3.81. The van der Waals surface area contributed by atoms with Crippen molar-refractivity contribution in [1.29, 1.82) is 5.26 Å². The summed E-state index contributed by atoms with van der Waals surface area (Å²) in [4.78, 5) is 23.9. The molecule has 0 saturated heterocycles. The SMILES string of the molecule is N#Cc1ccc(OCC(=O)NNC(=O)c2ccc(-n3cccc3)cc2)cc1. The molecule has 2 amide bonds. The third kappa shape index (κ3) is 4.74. The predicted octanol–water partition coefficient (Wildman–Crippen LogP) is 2.19. The number of carbonyl (C=O) groups is 2. The molecule has 0 spiro atoms. The third-order valence-corrected chi connectivity index (χ3v) is 3.70. The maximum Gasteiger partial charge on any atom is 0.276 e. The predicted molar refractivity (Wildman–Crippen MR) is 98.0 cm³/mol. The van der Waals surface area contributed by atoms with Crippen molar-refractivity contribution in [2.45, 2.75) is 0 Å². The first-order valence-electron chi connectivity index (χ1n) is 8.11. The molecule has 1 aromatic heterocycles. The molecule has 0 aliphatic carbocycles. The molecule has 134 valence electrons. The number of carbonyl (C=O) groups excluding carboxylic acids is 2. The summed E-state index contributed by atoms with van der Waals surface area (Å²) < 4.78 is 7.21. The summed E-state index contributed by atoms with van der Waals surface area (Å²) in [6, 6.07) is 19.1. The van der Waals surface area contributed by atoms with Crippen molar-refractivity contribution in [2.24, 2.45) is 0 Å². The van der Waals surface area contributed by atoms with Crippen molar-refractivity contribution in [3.05, 3.63) is 84.2 Å². The van der Waals surface area contributed by atoms with Crippen LogP contribution in [0.2, 0.25) is 0 Å². The number of nitriles is 1. The highest BCUT2D eigenvalue weighted by atomic mass is 16.5. The van der Waals surface area contributed by atoms with Crippen LogP contribution in [0.25, 0.3) is 5.69 Å². The van der Waals surface area contributed by atoms with Gasteiger partial charge >= 0.3 is 0 Å². The quantitative estimate of drug-likeness (QED) is 0.682. The van der Waals surface area contributed by atoms with Crippen LogP contribution in [0.5, 0.6) is 5.75 Å². The summed E-state index contributed by atoms with van der Waals surface area (Å²) >= 11 is 0. The van der Waals surface area contributed by atoms with Gasteiger partial charge in [0.05, 0.1) is 11.6 Å². The van der Waals surface area contributed by atoms with Gasteiger partial charge < -0.3 is 9.30 Å². The minimum absolute atomic E-state index is 0.265. The van der Waals surface area contributed by atoms with E-state index in [0.29, 0.717) is 16.9 Å². The molecular weight excluding hydrogens is 344 g/mol. The molecule has 3 rings (SSSR count). The van der Waals surface area contributed by atoms with Crippen LogP contribution in [0, 0.1) is 11.3 Å². The van der Waals surface area contributed by atoms with Crippen LogP contribution in [-0.2, 0) is 4.79 Å². The molecule has 0 aliphatic rings. The Morgan fingerprint density at radius 3 is 2.26 bits per heavy atom. The van der Waals surface area contributed by atoms with Gasteiger partial charge in [-0.2, -0.15) is 5.26 Å². The number of benzene rings is 2. The third-order valence-electron chi connectivity index (χ3n) is 3.70. The Morgan fingerprint density at radius 2 is 1.63 bits per heavy atom. The molecule has 0 fully saturated rings. The molecule has 0 radical (unpaired) electrons. The van der Waals surface area contributed by atoms with E-state index < -0.39 is 11.8 Å². The minimum Gasteiger partial charge on any atom is -0.484 e. The Hall–Kier alpha value is -4.05. The average molecular weight is 360 g/mol. The summed E-state index contributed by atoms with van der Waals surface area (Å²) in [5.74, 6) is -0.478. The van der Waals surface area contributed by atoms with Gasteiger partial charge in [-0.15, -0.1) is 0 Å². The van der Waals surface area contributed by atoms with Crippen molar-refractivity contribution >= 4 is 11.8 Å². The zero-order valence-electron chi connectivity index (χ0n) is 14.3. The monoisotopic (exact) mass is 360 g/mol. The van der Waals surface area contributed by atoms with Crippen molar-refractivity contribution in [2.75, 3.05) is 6.61 Å². The summed E-state index contributed by atoms with van der Waals surface area (Å²) in [5, 5.41) is 8.73. The van der Waals surface area contributed by atoms with Gasteiger partial charge in [-0.05, 0) is 60.7 Å². The van der Waals surface area contributed by atoms with E-state index in [1.807, 2.05) is 47.3 Å². The highest BCUT2D eigenvalue weighted by molar-refractivity contribution is 5.95. The maximum atomic E-state index is 12.1. The highest BCUT2D eigenvalue weighted by Crippen LogP contribution is 2.11. The Kier molecular flexibility index (Phi) is 5.50. The molecule has 1 heterocycles. The Morgan fingerprint density at radius 1 is 0.963 bits per heavy atom. The molecule has 27 heavy (non-hydrogen) atoms. The molecular formula is C20H16N4O3. The summed E-state index contributed by atoms with van der Waals surface area (Å²) in [7, 11) is 0. The van der Waals surface area contributed by atoms with Gasteiger partial charge in [-0.25, -0.2) is 0 Å². The number of hydrogen-bond acceptors (Lipinski definition) is 4. The zero-order chi connectivity index (χ0) is 19.1.